The molecule has 0 fully saturated rings. The van der Waals surface area contributed by atoms with Crippen LogP contribution in [0.5, 0.6) is 0 Å². The van der Waals surface area contributed by atoms with Crippen LogP contribution in [0.3, 0.4) is 0 Å². The van der Waals surface area contributed by atoms with Crippen LogP contribution in [-0.4, -0.2) is 29.1 Å². The minimum atomic E-state index is -0.361. The molecule has 0 aliphatic heterocycles. The van der Waals surface area contributed by atoms with Gasteiger partial charge in [-0.3, -0.25) is 0 Å². The van der Waals surface area contributed by atoms with E-state index < -0.39 is 0 Å². The van der Waals surface area contributed by atoms with Crippen molar-refractivity contribution in [2.24, 2.45) is 0 Å². The lowest BCUT2D eigenvalue weighted by molar-refractivity contribution is 0.0825. The molecule has 3 nitrogen and oxygen atoms in total. The van der Waals surface area contributed by atoms with Gasteiger partial charge >= 0.3 is 6.09 Å². The lowest BCUT2D eigenvalue weighted by Gasteiger charge is -2.33. The first-order valence-electron chi connectivity index (χ1n) is 3.93. The van der Waals surface area contributed by atoms with Gasteiger partial charge in [-0.15, -0.1) is 0 Å². The van der Waals surface area contributed by atoms with Crippen molar-refractivity contribution >= 4 is 17.7 Å². The number of hydrogen-bond donors (Lipinski definition) is 0. The summed E-state index contributed by atoms with van der Waals surface area (Å²) >= 11 is 5.28. The second-order valence-corrected chi connectivity index (χ2v) is 3.65. The molecule has 0 aromatic heterocycles. The van der Waals surface area contributed by atoms with Crippen LogP contribution < -0.4 is 0 Å². The highest BCUT2D eigenvalue weighted by atomic mass is 35.5. The number of rotatable bonds is 2. The zero-order valence-corrected chi connectivity index (χ0v) is 8.81. The fourth-order valence-electron chi connectivity index (χ4n) is 1.00. The van der Waals surface area contributed by atoms with Crippen LogP contribution in [0.4, 0.5) is 4.79 Å². The Hall–Kier alpha value is -0.440. The van der Waals surface area contributed by atoms with E-state index in [0.717, 1.165) is 0 Å². The summed E-state index contributed by atoms with van der Waals surface area (Å²) in [6.45, 7) is 8.38. The van der Waals surface area contributed by atoms with E-state index in [1.807, 2.05) is 27.7 Å². The molecule has 0 unspecified atom stereocenters. The molecular weight excluding hydrogens is 178 g/mol. The second-order valence-electron chi connectivity index (χ2n) is 3.43. The van der Waals surface area contributed by atoms with Crippen LogP contribution in [0, 0.1) is 0 Å². The van der Waals surface area contributed by atoms with E-state index in [2.05, 4.69) is 4.74 Å². The molecule has 0 spiro atoms. The van der Waals surface area contributed by atoms with Gasteiger partial charge in [0.1, 0.15) is 0 Å². The molecule has 0 aliphatic rings. The summed E-state index contributed by atoms with van der Waals surface area (Å²) in [5.41, 5.74) is -0.210. The van der Waals surface area contributed by atoms with E-state index in [9.17, 15) is 4.79 Å². The molecular formula is C8H16ClNO2. The van der Waals surface area contributed by atoms with Crippen LogP contribution in [0.1, 0.15) is 27.7 Å². The van der Waals surface area contributed by atoms with Crippen molar-refractivity contribution in [3.63, 3.8) is 0 Å². The topological polar surface area (TPSA) is 29.5 Å². The number of halogens is 1. The molecule has 0 aromatic rings. The molecule has 0 atom stereocenters. The average Bonchev–Trinajstić information content (AvgIpc) is 1.85. The Labute approximate surface area is 78.6 Å². The van der Waals surface area contributed by atoms with Gasteiger partial charge in [0.2, 0.25) is 0 Å². The Morgan fingerprint density at radius 3 is 2.25 bits per heavy atom. The number of amides is 1. The van der Waals surface area contributed by atoms with E-state index in [1.54, 1.807) is 4.90 Å². The number of hydrogen-bond acceptors (Lipinski definition) is 2. The SMILES string of the molecule is CCN(C(=O)OCCl)C(C)(C)C. The van der Waals surface area contributed by atoms with E-state index in [0.29, 0.717) is 6.54 Å². The molecule has 4 heteroatoms. The molecule has 0 saturated carbocycles. The van der Waals surface area contributed by atoms with Crippen LogP contribution in [0.15, 0.2) is 0 Å². The van der Waals surface area contributed by atoms with E-state index in [4.69, 9.17) is 11.6 Å². The zero-order chi connectivity index (χ0) is 9.78. The maximum Gasteiger partial charge on any atom is 0.411 e. The van der Waals surface area contributed by atoms with Crippen molar-refractivity contribution in [1.82, 2.24) is 4.90 Å². The highest BCUT2D eigenvalue weighted by Gasteiger charge is 2.25. The van der Waals surface area contributed by atoms with E-state index >= 15 is 0 Å². The van der Waals surface area contributed by atoms with Gasteiger partial charge < -0.3 is 9.64 Å². The number of ether oxygens (including phenoxy) is 1. The minimum absolute atomic E-state index is 0.0919. The lowest BCUT2D eigenvalue weighted by atomic mass is 10.1. The quantitative estimate of drug-likeness (QED) is 0.631. The summed E-state index contributed by atoms with van der Waals surface area (Å²) in [5.74, 6) is 0. The van der Waals surface area contributed by atoms with Crippen LogP contribution in [0.25, 0.3) is 0 Å². The predicted molar refractivity (Wildman–Crippen MR) is 49.3 cm³/mol. The van der Waals surface area contributed by atoms with Gasteiger partial charge in [0.25, 0.3) is 0 Å². The molecule has 0 N–H and O–H groups in total. The number of alkyl halides is 1. The number of nitrogens with zero attached hydrogens (tertiary/aromatic N) is 1. The van der Waals surface area contributed by atoms with Gasteiger partial charge in [0, 0.05) is 12.1 Å². The van der Waals surface area contributed by atoms with E-state index in [1.165, 1.54) is 0 Å². The van der Waals surface area contributed by atoms with Gasteiger partial charge in [-0.2, -0.15) is 0 Å². The maximum atomic E-state index is 11.2. The predicted octanol–water partition coefficient (Wildman–Crippen LogP) is 2.44. The van der Waals surface area contributed by atoms with E-state index in [-0.39, 0.29) is 17.7 Å². The highest BCUT2D eigenvalue weighted by molar-refractivity contribution is 6.17. The smallest absolute Gasteiger partial charge is 0.411 e. The first-order valence-corrected chi connectivity index (χ1v) is 4.47. The number of carbonyl (C=O) groups excluding carboxylic acids is 1. The van der Waals surface area contributed by atoms with Crippen molar-refractivity contribution in [3.05, 3.63) is 0 Å². The van der Waals surface area contributed by atoms with Gasteiger partial charge in [0.05, 0.1) is 0 Å². The van der Waals surface area contributed by atoms with Crippen molar-refractivity contribution in [2.45, 2.75) is 33.2 Å². The summed E-state index contributed by atoms with van der Waals surface area (Å²) in [7, 11) is 0. The summed E-state index contributed by atoms with van der Waals surface area (Å²) < 4.78 is 4.67. The van der Waals surface area contributed by atoms with Gasteiger partial charge in [0.15, 0.2) is 6.07 Å². The molecule has 0 rings (SSSR count). The normalized spacial score (nSPS) is 11.1. The first-order chi connectivity index (χ1) is 5.43. The van der Waals surface area contributed by atoms with Crippen molar-refractivity contribution < 1.29 is 9.53 Å². The molecule has 72 valence electrons. The standard InChI is InChI=1S/C8H16ClNO2/c1-5-10(8(2,3)4)7(11)12-6-9/h5-6H2,1-4H3. The molecule has 0 heterocycles. The summed E-state index contributed by atoms with van der Waals surface area (Å²) in [6, 6.07) is -0.0919. The highest BCUT2D eigenvalue weighted by Crippen LogP contribution is 2.13. The molecule has 12 heavy (non-hydrogen) atoms. The third kappa shape index (κ3) is 3.30. The largest absolute Gasteiger partial charge is 0.433 e. The fraction of sp³-hybridized carbons (Fsp3) is 0.875. The molecule has 1 amide bonds. The molecule has 0 bridgehead atoms. The second kappa shape index (κ2) is 4.55. The van der Waals surface area contributed by atoms with Gasteiger partial charge in [-0.05, 0) is 27.7 Å². The Morgan fingerprint density at radius 1 is 1.50 bits per heavy atom. The monoisotopic (exact) mass is 193 g/mol. The Balaban J connectivity index is 4.25. The summed E-state index contributed by atoms with van der Waals surface area (Å²) in [6.07, 6.45) is -0.361. The van der Waals surface area contributed by atoms with Crippen molar-refractivity contribution in [2.75, 3.05) is 12.6 Å². The molecule has 0 aliphatic carbocycles. The summed E-state index contributed by atoms with van der Waals surface area (Å²) in [4.78, 5) is 12.9. The maximum absolute atomic E-state index is 11.2. The Bertz CT molecular complexity index is 154. The molecule has 0 aromatic carbocycles. The molecule has 0 saturated heterocycles. The van der Waals surface area contributed by atoms with Crippen LogP contribution in [0.2, 0.25) is 0 Å². The Morgan fingerprint density at radius 2 is 2.00 bits per heavy atom. The van der Waals surface area contributed by atoms with Gasteiger partial charge in [-0.1, -0.05) is 11.6 Å². The van der Waals surface area contributed by atoms with Gasteiger partial charge in [-0.25, -0.2) is 4.79 Å². The Kier molecular flexibility index (Phi) is 4.39. The van der Waals surface area contributed by atoms with Crippen molar-refractivity contribution in [3.8, 4) is 0 Å². The fourth-order valence-corrected chi connectivity index (χ4v) is 1.10. The number of carbonyl (C=O) groups is 1. The van der Waals surface area contributed by atoms with Crippen LogP contribution >= 0.6 is 11.6 Å². The third-order valence-corrected chi connectivity index (χ3v) is 1.63. The van der Waals surface area contributed by atoms with Crippen LogP contribution in [-0.2, 0) is 4.74 Å². The zero-order valence-electron chi connectivity index (χ0n) is 8.06. The summed E-state index contributed by atoms with van der Waals surface area (Å²) in [5, 5.41) is 0. The van der Waals surface area contributed by atoms with Crippen molar-refractivity contribution in [1.29, 1.82) is 0 Å². The third-order valence-electron chi connectivity index (χ3n) is 1.52. The lowest BCUT2D eigenvalue weighted by Crippen LogP contribution is -2.45. The average molecular weight is 194 g/mol. The minimum Gasteiger partial charge on any atom is -0.433 e. The molecule has 0 radical (unpaired) electrons. The first kappa shape index (κ1) is 11.6.